The van der Waals surface area contributed by atoms with Crippen molar-refractivity contribution in [1.29, 1.82) is 0 Å². The molecule has 4 atom stereocenters. The Morgan fingerprint density at radius 3 is 2.46 bits per heavy atom. The lowest BCUT2D eigenvalue weighted by molar-refractivity contribution is -0.130. The molecule has 2 rings (SSSR count). The number of hydrogen-bond acceptors (Lipinski definition) is 5. The molecule has 0 unspecified atom stereocenters. The van der Waals surface area contributed by atoms with E-state index in [-0.39, 0.29) is 11.9 Å². The Morgan fingerprint density at radius 1 is 1.12 bits per heavy atom. The van der Waals surface area contributed by atoms with Gasteiger partial charge in [-0.1, -0.05) is 26.7 Å². The van der Waals surface area contributed by atoms with Crippen LogP contribution in [-0.2, 0) is 9.53 Å². The zero-order valence-corrected chi connectivity index (χ0v) is 16.2. The van der Waals surface area contributed by atoms with Gasteiger partial charge in [0.1, 0.15) is 0 Å². The van der Waals surface area contributed by atoms with Crippen LogP contribution in [0.4, 0.5) is 0 Å². The minimum atomic E-state index is -0.861. The summed E-state index contributed by atoms with van der Waals surface area (Å²) in [6, 6.07) is 4.88. The maximum Gasteiger partial charge on any atom is 0.339 e. The zero-order valence-electron chi connectivity index (χ0n) is 16.2. The second-order valence-electron chi connectivity index (χ2n) is 7.00. The molecule has 6 nitrogen and oxygen atoms in total. The molecule has 1 amide bonds. The first-order valence-electron chi connectivity index (χ1n) is 9.10. The lowest BCUT2D eigenvalue weighted by Crippen LogP contribution is -2.47. The molecule has 0 heterocycles. The van der Waals surface area contributed by atoms with Crippen molar-refractivity contribution >= 4 is 11.9 Å². The van der Waals surface area contributed by atoms with Gasteiger partial charge in [0.2, 0.25) is 0 Å². The summed E-state index contributed by atoms with van der Waals surface area (Å²) >= 11 is 0. The van der Waals surface area contributed by atoms with E-state index in [0.29, 0.717) is 28.9 Å². The van der Waals surface area contributed by atoms with E-state index in [1.807, 2.05) is 0 Å². The molecule has 1 aromatic rings. The van der Waals surface area contributed by atoms with E-state index in [9.17, 15) is 9.59 Å². The molecule has 0 saturated heterocycles. The van der Waals surface area contributed by atoms with Gasteiger partial charge in [-0.15, -0.1) is 0 Å². The summed E-state index contributed by atoms with van der Waals surface area (Å²) in [6.07, 6.45) is 2.40. The van der Waals surface area contributed by atoms with Crippen LogP contribution in [-0.4, -0.2) is 38.2 Å². The second-order valence-corrected chi connectivity index (χ2v) is 7.00. The van der Waals surface area contributed by atoms with E-state index < -0.39 is 12.1 Å². The van der Waals surface area contributed by atoms with Gasteiger partial charge in [-0.2, -0.15) is 0 Å². The number of nitrogens with one attached hydrogen (secondary N) is 1. The van der Waals surface area contributed by atoms with E-state index >= 15 is 0 Å². The van der Waals surface area contributed by atoms with Crippen LogP contribution >= 0.6 is 0 Å². The molecule has 1 aromatic carbocycles. The predicted octanol–water partition coefficient (Wildman–Crippen LogP) is 3.19. The predicted molar refractivity (Wildman–Crippen MR) is 98.5 cm³/mol. The third-order valence-corrected chi connectivity index (χ3v) is 5.31. The molecule has 0 spiro atoms. The maximum absolute atomic E-state index is 12.4. The quantitative estimate of drug-likeness (QED) is 0.786. The van der Waals surface area contributed by atoms with Gasteiger partial charge >= 0.3 is 5.97 Å². The third kappa shape index (κ3) is 4.68. The first-order chi connectivity index (χ1) is 12.4. The monoisotopic (exact) mass is 363 g/mol. The molecular weight excluding hydrogens is 334 g/mol. The van der Waals surface area contributed by atoms with E-state index in [1.165, 1.54) is 26.7 Å². The molecule has 1 saturated carbocycles. The van der Waals surface area contributed by atoms with Crippen molar-refractivity contribution in [3.63, 3.8) is 0 Å². The van der Waals surface area contributed by atoms with Gasteiger partial charge in [0.25, 0.3) is 5.91 Å². The number of rotatable bonds is 6. The minimum absolute atomic E-state index is 0.133. The summed E-state index contributed by atoms with van der Waals surface area (Å²) in [6.45, 7) is 5.96. The number of hydrogen-bond donors (Lipinski definition) is 1. The molecule has 1 aliphatic carbocycles. The van der Waals surface area contributed by atoms with Crippen LogP contribution in [0, 0.1) is 11.8 Å². The van der Waals surface area contributed by atoms with Crippen LogP contribution in [0.25, 0.3) is 0 Å². The number of amides is 1. The molecule has 144 valence electrons. The summed E-state index contributed by atoms with van der Waals surface area (Å²) in [5.74, 6) is 1.13. The largest absolute Gasteiger partial charge is 0.493 e. The number of carbonyl (C=O) groups is 2. The average molecular weight is 363 g/mol. The Morgan fingerprint density at radius 2 is 1.81 bits per heavy atom. The normalized spacial score (nSPS) is 23.7. The van der Waals surface area contributed by atoms with E-state index in [1.54, 1.807) is 19.1 Å². The average Bonchev–Trinajstić information content (AvgIpc) is 2.64. The fourth-order valence-corrected chi connectivity index (χ4v) is 3.33. The SMILES string of the molecule is COc1ccc(C(=O)O[C@H](C)C(=O)N[C@H]2CCC[C@@H](C)[C@H]2C)cc1OC. The molecular formula is C20H29NO5. The van der Waals surface area contributed by atoms with Crippen LogP contribution in [0.1, 0.15) is 50.4 Å². The highest BCUT2D eigenvalue weighted by atomic mass is 16.5. The van der Waals surface area contributed by atoms with Crippen molar-refractivity contribution in [2.45, 2.75) is 52.2 Å². The van der Waals surface area contributed by atoms with Gasteiger partial charge < -0.3 is 19.5 Å². The van der Waals surface area contributed by atoms with E-state index in [4.69, 9.17) is 14.2 Å². The van der Waals surface area contributed by atoms with Crippen LogP contribution < -0.4 is 14.8 Å². The highest BCUT2D eigenvalue weighted by Crippen LogP contribution is 2.30. The van der Waals surface area contributed by atoms with Crippen LogP contribution in [0.3, 0.4) is 0 Å². The van der Waals surface area contributed by atoms with Gasteiger partial charge in [-0.3, -0.25) is 4.79 Å². The zero-order chi connectivity index (χ0) is 19.3. The Labute approximate surface area is 155 Å². The summed E-state index contributed by atoms with van der Waals surface area (Å²) in [5, 5.41) is 3.04. The molecule has 0 aromatic heterocycles. The Balaban J connectivity index is 1.96. The van der Waals surface area contributed by atoms with Crippen molar-refractivity contribution in [2.75, 3.05) is 14.2 Å². The van der Waals surface area contributed by atoms with Gasteiger partial charge in [-0.05, 0) is 43.4 Å². The molecule has 26 heavy (non-hydrogen) atoms. The topological polar surface area (TPSA) is 73.9 Å². The Kier molecular flexibility index (Phi) is 6.89. The van der Waals surface area contributed by atoms with Crippen molar-refractivity contribution in [1.82, 2.24) is 5.32 Å². The Hall–Kier alpha value is -2.24. The summed E-state index contributed by atoms with van der Waals surface area (Å²) < 4.78 is 15.7. The number of benzene rings is 1. The highest BCUT2D eigenvalue weighted by molar-refractivity contribution is 5.92. The number of ether oxygens (including phenoxy) is 3. The molecule has 1 N–H and O–H groups in total. The molecule has 1 fully saturated rings. The maximum atomic E-state index is 12.4. The summed E-state index contributed by atoms with van der Waals surface area (Å²) in [5.41, 5.74) is 0.307. The van der Waals surface area contributed by atoms with Crippen molar-refractivity contribution in [2.24, 2.45) is 11.8 Å². The van der Waals surface area contributed by atoms with Gasteiger partial charge in [0.15, 0.2) is 17.6 Å². The van der Waals surface area contributed by atoms with Crippen molar-refractivity contribution < 1.29 is 23.8 Å². The summed E-state index contributed by atoms with van der Waals surface area (Å²) in [4.78, 5) is 24.8. The number of carbonyl (C=O) groups excluding carboxylic acids is 2. The van der Waals surface area contributed by atoms with Crippen LogP contribution in [0.15, 0.2) is 18.2 Å². The Bertz CT molecular complexity index is 645. The second kappa shape index (κ2) is 8.92. The van der Waals surface area contributed by atoms with Crippen LogP contribution in [0.5, 0.6) is 11.5 Å². The highest BCUT2D eigenvalue weighted by Gasteiger charge is 2.30. The fraction of sp³-hybridized carbons (Fsp3) is 0.600. The smallest absolute Gasteiger partial charge is 0.339 e. The van der Waals surface area contributed by atoms with Gasteiger partial charge in [0, 0.05) is 6.04 Å². The van der Waals surface area contributed by atoms with Gasteiger partial charge in [-0.25, -0.2) is 4.79 Å². The molecule has 1 aliphatic rings. The van der Waals surface area contributed by atoms with Crippen molar-refractivity contribution in [3.8, 4) is 11.5 Å². The minimum Gasteiger partial charge on any atom is -0.493 e. The molecule has 0 bridgehead atoms. The van der Waals surface area contributed by atoms with E-state index in [0.717, 1.165) is 12.8 Å². The first-order valence-corrected chi connectivity index (χ1v) is 9.10. The van der Waals surface area contributed by atoms with Crippen molar-refractivity contribution in [3.05, 3.63) is 23.8 Å². The number of esters is 1. The standard InChI is InChI=1S/C20H29NO5/c1-12-7-6-8-16(13(12)2)21-19(22)14(3)26-20(23)15-9-10-17(24-4)18(11-15)25-5/h9-14,16H,6-8H2,1-5H3,(H,21,22)/t12-,13-,14-,16+/m1/s1. The summed E-state index contributed by atoms with van der Waals surface area (Å²) in [7, 11) is 3.02. The van der Waals surface area contributed by atoms with E-state index in [2.05, 4.69) is 19.2 Å². The lowest BCUT2D eigenvalue weighted by atomic mass is 9.78. The molecule has 0 aliphatic heterocycles. The third-order valence-electron chi connectivity index (χ3n) is 5.31. The molecule has 6 heteroatoms. The van der Waals surface area contributed by atoms with Crippen LogP contribution in [0.2, 0.25) is 0 Å². The van der Waals surface area contributed by atoms with Gasteiger partial charge in [0.05, 0.1) is 19.8 Å². The molecule has 0 radical (unpaired) electrons. The lowest BCUT2D eigenvalue weighted by Gasteiger charge is -2.35. The first kappa shape index (κ1) is 20.1. The fourth-order valence-electron chi connectivity index (χ4n) is 3.33. The number of methoxy groups -OCH3 is 2.